The third kappa shape index (κ3) is 4.61. The number of benzene rings is 1. The van der Waals surface area contributed by atoms with Gasteiger partial charge in [-0.2, -0.15) is 11.3 Å². The van der Waals surface area contributed by atoms with Crippen molar-refractivity contribution in [3.63, 3.8) is 0 Å². The van der Waals surface area contributed by atoms with E-state index in [2.05, 4.69) is 10.5 Å². The molecule has 0 spiro atoms. The fourth-order valence-electron chi connectivity index (χ4n) is 1.87. The molecule has 0 radical (unpaired) electrons. The number of nitrogens with one attached hydrogen (secondary N) is 1. The van der Waals surface area contributed by atoms with Crippen molar-refractivity contribution in [2.75, 3.05) is 11.9 Å². The maximum Gasteiger partial charge on any atom is 0.265 e. The molecule has 0 atom stereocenters. The first-order valence-electron chi connectivity index (χ1n) is 6.41. The highest BCUT2D eigenvalue weighted by Gasteiger charge is 2.05. The summed E-state index contributed by atoms with van der Waals surface area (Å²) in [5.41, 5.74) is 9.43. The van der Waals surface area contributed by atoms with E-state index in [1.54, 1.807) is 0 Å². The van der Waals surface area contributed by atoms with Gasteiger partial charge in [0.15, 0.2) is 12.4 Å². The van der Waals surface area contributed by atoms with E-state index in [-0.39, 0.29) is 18.3 Å². The molecule has 5 nitrogen and oxygen atoms in total. The Bertz CT molecular complexity index is 631. The van der Waals surface area contributed by atoms with Gasteiger partial charge in [-0.25, -0.2) is 0 Å². The van der Waals surface area contributed by atoms with Gasteiger partial charge >= 0.3 is 0 Å². The van der Waals surface area contributed by atoms with E-state index in [4.69, 9.17) is 10.6 Å². The Morgan fingerprint density at radius 2 is 2.05 bits per heavy atom. The number of thiophene rings is 1. The van der Waals surface area contributed by atoms with Crippen molar-refractivity contribution < 1.29 is 9.63 Å². The highest BCUT2D eigenvalue weighted by molar-refractivity contribution is 7.08. The van der Waals surface area contributed by atoms with Crippen LogP contribution in [0.3, 0.4) is 0 Å². The lowest BCUT2D eigenvalue weighted by atomic mass is 10.1. The van der Waals surface area contributed by atoms with Crippen LogP contribution in [0.1, 0.15) is 16.7 Å². The van der Waals surface area contributed by atoms with Crippen molar-refractivity contribution in [3.8, 4) is 0 Å². The molecular formula is C15H17N3O2S. The first-order chi connectivity index (χ1) is 10.0. The van der Waals surface area contributed by atoms with Crippen LogP contribution < -0.4 is 11.1 Å². The zero-order valence-corrected chi connectivity index (χ0v) is 12.7. The number of hydrogen-bond acceptors (Lipinski definition) is 4. The van der Waals surface area contributed by atoms with Crippen molar-refractivity contribution in [1.82, 2.24) is 0 Å². The van der Waals surface area contributed by atoms with Crippen LogP contribution in [-0.2, 0) is 9.63 Å². The number of oxime groups is 1. The third-order valence-corrected chi connectivity index (χ3v) is 3.36. The molecule has 21 heavy (non-hydrogen) atoms. The number of nitrogens with two attached hydrogens (primary N) is 1. The molecule has 0 fully saturated rings. The quantitative estimate of drug-likeness (QED) is 0.506. The van der Waals surface area contributed by atoms with Gasteiger partial charge < -0.3 is 15.9 Å². The molecule has 2 aromatic rings. The van der Waals surface area contributed by atoms with E-state index in [1.165, 1.54) is 11.3 Å². The van der Waals surface area contributed by atoms with Gasteiger partial charge in [0.25, 0.3) is 5.91 Å². The Hall–Kier alpha value is -2.34. The van der Waals surface area contributed by atoms with Crippen LogP contribution in [0.5, 0.6) is 0 Å². The van der Waals surface area contributed by atoms with Crippen molar-refractivity contribution in [1.29, 1.82) is 0 Å². The number of carbonyl (C=O) groups excluding carboxylic acids is 1. The number of amides is 1. The summed E-state index contributed by atoms with van der Waals surface area (Å²) in [6, 6.07) is 7.67. The molecule has 1 aromatic carbocycles. The second-order valence-electron chi connectivity index (χ2n) is 4.69. The van der Waals surface area contributed by atoms with Gasteiger partial charge in [-0.3, -0.25) is 4.79 Å². The molecule has 6 heteroatoms. The summed E-state index contributed by atoms with van der Waals surface area (Å²) in [5.74, 6) is -0.0164. The minimum atomic E-state index is -0.276. The molecule has 0 bridgehead atoms. The number of aryl methyl sites for hydroxylation is 2. The van der Waals surface area contributed by atoms with Crippen molar-refractivity contribution in [2.45, 2.75) is 13.8 Å². The lowest BCUT2D eigenvalue weighted by molar-refractivity contribution is -0.120. The van der Waals surface area contributed by atoms with E-state index >= 15 is 0 Å². The van der Waals surface area contributed by atoms with E-state index in [0.717, 1.165) is 22.4 Å². The summed E-state index contributed by atoms with van der Waals surface area (Å²) in [7, 11) is 0. The lowest BCUT2D eigenvalue weighted by Crippen LogP contribution is -2.19. The maximum absolute atomic E-state index is 11.8. The van der Waals surface area contributed by atoms with Crippen LogP contribution in [0.2, 0.25) is 0 Å². The van der Waals surface area contributed by atoms with E-state index in [0.29, 0.717) is 0 Å². The van der Waals surface area contributed by atoms with Gasteiger partial charge in [-0.1, -0.05) is 11.2 Å². The van der Waals surface area contributed by atoms with E-state index in [9.17, 15) is 4.79 Å². The van der Waals surface area contributed by atoms with Crippen LogP contribution in [0.4, 0.5) is 5.69 Å². The predicted molar refractivity (Wildman–Crippen MR) is 85.5 cm³/mol. The molecule has 3 N–H and O–H groups in total. The van der Waals surface area contributed by atoms with Gasteiger partial charge in [-0.15, -0.1) is 0 Å². The van der Waals surface area contributed by atoms with Crippen LogP contribution in [0, 0.1) is 13.8 Å². The smallest absolute Gasteiger partial charge is 0.265 e. The summed E-state index contributed by atoms with van der Waals surface area (Å²) in [6.07, 6.45) is 0. The summed E-state index contributed by atoms with van der Waals surface area (Å²) >= 11 is 1.52. The number of anilines is 1. The number of amidine groups is 1. The second kappa shape index (κ2) is 6.90. The van der Waals surface area contributed by atoms with E-state index < -0.39 is 0 Å². The van der Waals surface area contributed by atoms with Crippen LogP contribution >= 0.6 is 11.3 Å². The van der Waals surface area contributed by atoms with Crippen molar-refractivity contribution in [3.05, 3.63) is 51.7 Å². The first-order valence-corrected chi connectivity index (χ1v) is 7.35. The standard InChI is InChI=1S/C15H17N3O2S/c1-10-5-11(2)7-13(6-10)17-14(19)8-20-18-15(16)12-3-4-21-9-12/h3-7,9H,8H2,1-2H3,(H2,16,18)(H,17,19). The molecule has 1 heterocycles. The monoisotopic (exact) mass is 303 g/mol. The minimum absolute atomic E-state index is 0.183. The zero-order chi connectivity index (χ0) is 15.2. The predicted octanol–water partition coefficient (Wildman–Crippen LogP) is 2.64. The van der Waals surface area contributed by atoms with Gasteiger partial charge in [0.05, 0.1) is 0 Å². The summed E-state index contributed by atoms with van der Waals surface area (Å²) in [5, 5.41) is 10.2. The minimum Gasteiger partial charge on any atom is -0.384 e. The first kappa shape index (κ1) is 15.1. The molecule has 2 rings (SSSR count). The third-order valence-electron chi connectivity index (χ3n) is 2.68. The molecule has 1 amide bonds. The largest absolute Gasteiger partial charge is 0.384 e. The topological polar surface area (TPSA) is 76.7 Å². The fourth-order valence-corrected chi connectivity index (χ4v) is 2.52. The highest BCUT2D eigenvalue weighted by Crippen LogP contribution is 2.13. The Balaban J connectivity index is 1.86. The second-order valence-corrected chi connectivity index (χ2v) is 5.47. The molecule has 0 saturated heterocycles. The van der Waals surface area contributed by atoms with Crippen LogP contribution in [0.25, 0.3) is 0 Å². The lowest BCUT2D eigenvalue weighted by Gasteiger charge is -2.07. The van der Waals surface area contributed by atoms with E-state index in [1.807, 2.05) is 48.9 Å². The molecule has 0 unspecified atom stereocenters. The average molecular weight is 303 g/mol. The number of nitrogens with zero attached hydrogens (tertiary/aromatic N) is 1. The molecule has 0 aliphatic heterocycles. The number of carbonyl (C=O) groups is 1. The summed E-state index contributed by atoms with van der Waals surface area (Å²) in [4.78, 5) is 16.7. The zero-order valence-electron chi connectivity index (χ0n) is 11.9. The Morgan fingerprint density at radius 3 is 2.67 bits per heavy atom. The van der Waals surface area contributed by atoms with Crippen LogP contribution in [-0.4, -0.2) is 18.3 Å². The molecule has 110 valence electrons. The molecule has 0 aliphatic carbocycles. The molecule has 1 aromatic heterocycles. The van der Waals surface area contributed by atoms with Gasteiger partial charge in [0.1, 0.15) is 0 Å². The summed E-state index contributed by atoms with van der Waals surface area (Å²) in [6.45, 7) is 3.77. The SMILES string of the molecule is Cc1cc(C)cc(NC(=O)CO/N=C(/N)c2ccsc2)c1. The number of rotatable bonds is 5. The number of hydrogen-bond donors (Lipinski definition) is 2. The molecular weight excluding hydrogens is 286 g/mol. The summed E-state index contributed by atoms with van der Waals surface area (Å²) < 4.78 is 0. The molecule has 0 saturated carbocycles. The maximum atomic E-state index is 11.8. The molecule has 0 aliphatic rings. The van der Waals surface area contributed by atoms with Crippen LogP contribution in [0.15, 0.2) is 40.2 Å². The Labute approximate surface area is 127 Å². The van der Waals surface area contributed by atoms with Crippen molar-refractivity contribution >= 4 is 28.8 Å². The van der Waals surface area contributed by atoms with Gasteiger partial charge in [0.2, 0.25) is 0 Å². The normalized spacial score (nSPS) is 11.2. The fraction of sp³-hybridized carbons (Fsp3) is 0.200. The Morgan fingerprint density at radius 1 is 1.33 bits per heavy atom. The van der Waals surface area contributed by atoms with Gasteiger partial charge in [-0.05, 0) is 48.6 Å². The highest BCUT2D eigenvalue weighted by atomic mass is 32.1. The van der Waals surface area contributed by atoms with Gasteiger partial charge in [0, 0.05) is 16.6 Å². The average Bonchev–Trinajstić information content (AvgIpc) is 2.90. The van der Waals surface area contributed by atoms with Crippen molar-refractivity contribution in [2.24, 2.45) is 10.9 Å². The Kier molecular flexibility index (Phi) is 4.94.